The molecule has 0 spiro atoms. The maximum absolute atomic E-state index is 13.3. The lowest BCUT2D eigenvalue weighted by molar-refractivity contribution is -0.137. The molecule has 2 aliphatic heterocycles. The second kappa shape index (κ2) is 9.50. The lowest BCUT2D eigenvalue weighted by Crippen LogP contribution is -2.44. The standard InChI is InChI=1S/C24H30N2O5S/c1-30-22-11-10-20(17-23(22)31-2)32(28,29)25-15-12-19(13-16-25)24(27)26-14-6-9-21(26)18-7-4-3-5-8-18/h3-5,7-8,10-11,17,19,21H,6,9,12-16H2,1-2H3/t21-/m1/s1. The molecule has 2 aromatic carbocycles. The monoisotopic (exact) mass is 458 g/mol. The molecule has 0 aliphatic carbocycles. The van der Waals surface area contributed by atoms with E-state index in [4.69, 9.17) is 9.47 Å². The van der Waals surface area contributed by atoms with Crippen molar-refractivity contribution in [2.24, 2.45) is 5.92 Å². The maximum Gasteiger partial charge on any atom is 0.243 e. The van der Waals surface area contributed by atoms with E-state index in [9.17, 15) is 13.2 Å². The van der Waals surface area contributed by atoms with Gasteiger partial charge >= 0.3 is 0 Å². The average molecular weight is 459 g/mol. The predicted octanol–water partition coefficient (Wildman–Crippen LogP) is 3.47. The normalized spacial score (nSPS) is 20.3. The van der Waals surface area contributed by atoms with Gasteiger partial charge in [0.2, 0.25) is 15.9 Å². The van der Waals surface area contributed by atoms with Crippen LogP contribution in [0.2, 0.25) is 0 Å². The molecule has 32 heavy (non-hydrogen) atoms. The minimum atomic E-state index is -3.67. The molecule has 0 radical (unpaired) electrons. The second-order valence-electron chi connectivity index (χ2n) is 8.30. The number of hydrogen-bond acceptors (Lipinski definition) is 5. The van der Waals surface area contributed by atoms with E-state index in [0.717, 1.165) is 19.4 Å². The van der Waals surface area contributed by atoms with Crippen LogP contribution < -0.4 is 9.47 Å². The molecule has 0 unspecified atom stereocenters. The van der Waals surface area contributed by atoms with Gasteiger partial charge in [0, 0.05) is 31.6 Å². The van der Waals surface area contributed by atoms with Crippen molar-refractivity contribution in [1.29, 1.82) is 0 Å². The van der Waals surface area contributed by atoms with Crippen LogP contribution in [-0.2, 0) is 14.8 Å². The number of carbonyl (C=O) groups is 1. The number of benzene rings is 2. The van der Waals surface area contributed by atoms with Crippen LogP contribution in [0.15, 0.2) is 53.4 Å². The highest BCUT2D eigenvalue weighted by Crippen LogP contribution is 2.36. The highest BCUT2D eigenvalue weighted by Gasteiger charge is 2.37. The Morgan fingerprint density at radius 1 is 0.906 bits per heavy atom. The molecule has 2 aromatic rings. The Hall–Kier alpha value is -2.58. The summed E-state index contributed by atoms with van der Waals surface area (Å²) >= 11 is 0. The summed E-state index contributed by atoms with van der Waals surface area (Å²) in [6, 6.07) is 14.9. The zero-order chi connectivity index (χ0) is 22.7. The summed E-state index contributed by atoms with van der Waals surface area (Å²) < 4.78 is 38.2. The predicted molar refractivity (Wildman–Crippen MR) is 121 cm³/mol. The Morgan fingerprint density at radius 3 is 2.25 bits per heavy atom. The van der Waals surface area contributed by atoms with Gasteiger partial charge < -0.3 is 14.4 Å². The molecule has 1 amide bonds. The fraction of sp³-hybridized carbons (Fsp3) is 0.458. The summed E-state index contributed by atoms with van der Waals surface area (Å²) in [5.74, 6) is 0.865. The van der Waals surface area contributed by atoms with Gasteiger partial charge in [0.25, 0.3) is 0 Å². The molecule has 0 N–H and O–H groups in total. The van der Waals surface area contributed by atoms with Crippen molar-refractivity contribution in [1.82, 2.24) is 9.21 Å². The Morgan fingerprint density at radius 2 is 1.59 bits per heavy atom. The van der Waals surface area contributed by atoms with E-state index in [1.165, 1.54) is 36.2 Å². The first-order valence-electron chi connectivity index (χ1n) is 11.0. The smallest absolute Gasteiger partial charge is 0.243 e. The first-order chi connectivity index (χ1) is 15.5. The summed E-state index contributed by atoms with van der Waals surface area (Å²) in [6.45, 7) is 1.43. The van der Waals surface area contributed by atoms with Crippen LogP contribution in [-0.4, -0.2) is 57.4 Å². The van der Waals surface area contributed by atoms with Gasteiger partial charge in [-0.1, -0.05) is 30.3 Å². The van der Waals surface area contributed by atoms with Crippen LogP contribution in [0.5, 0.6) is 11.5 Å². The number of ether oxygens (including phenoxy) is 2. The van der Waals surface area contributed by atoms with Crippen LogP contribution in [0.1, 0.15) is 37.3 Å². The van der Waals surface area contributed by atoms with Gasteiger partial charge in [0.1, 0.15) is 0 Å². The minimum absolute atomic E-state index is 0.122. The Bertz CT molecular complexity index is 1050. The quantitative estimate of drug-likeness (QED) is 0.663. The third-order valence-electron chi connectivity index (χ3n) is 6.52. The highest BCUT2D eigenvalue weighted by molar-refractivity contribution is 7.89. The fourth-order valence-corrected chi connectivity index (χ4v) is 6.24. The van der Waals surface area contributed by atoms with Crippen LogP contribution in [0.3, 0.4) is 0 Å². The lowest BCUT2D eigenvalue weighted by atomic mass is 9.95. The zero-order valence-corrected chi connectivity index (χ0v) is 19.4. The molecule has 2 aliphatic rings. The topological polar surface area (TPSA) is 76.2 Å². The molecule has 1 atom stereocenters. The van der Waals surface area contributed by atoms with Crippen molar-refractivity contribution in [3.05, 3.63) is 54.1 Å². The van der Waals surface area contributed by atoms with Gasteiger partial charge in [-0.25, -0.2) is 8.42 Å². The number of amides is 1. The second-order valence-corrected chi connectivity index (χ2v) is 10.2. The van der Waals surface area contributed by atoms with Gasteiger partial charge in [-0.2, -0.15) is 4.31 Å². The average Bonchev–Trinajstić information content (AvgIpc) is 3.33. The molecule has 2 saturated heterocycles. The molecule has 4 rings (SSSR count). The van der Waals surface area contributed by atoms with Crippen LogP contribution in [0, 0.1) is 5.92 Å². The molecule has 2 heterocycles. The number of hydrogen-bond donors (Lipinski definition) is 0. The van der Waals surface area contributed by atoms with Crippen LogP contribution in [0.4, 0.5) is 0 Å². The summed E-state index contributed by atoms with van der Waals surface area (Å²) in [4.78, 5) is 15.5. The molecule has 7 nitrogen and oxygen atoms in total. The van der Waals surface area contributed by atoms with Gasteiger partial charge in [0.05, 0.1) is 25.2 Å². The molecule has 0 saturated carbocycles. The molecule has 172 valence electrons. The van der Waals surface area contributed by atoms with E-state index in [-0.39, 0.29) is 22.8 Å². The number of methoxy groups -OCH3 is 2. The van der Waals surface area contributed by atoms with Crippen molar-refractivity contribution in [2.75, 3.05) is 33.9 Å². The molecule has 0 aromatic heterocycles. The Labute approximate surface area is 190 Å². The van der Waals surface area contributed by atoms with Crippen molar-refractivity contribution >= 4 is 15.9 Å². The third-order valence-corrected chi connectivity index (χ3v) is 8.41. The van der Waals surface area contributed by atoms with Crippen molar-refractivity contribution in [3.63, 3.8) is 0 Å². The van der Waals surface area contributed by atoms with E-state index in [1.54, 1.807) is 6.07 Å². The van der Waals surface area contributed by atoms with E-state index in [2.05, 4.69) is 12.1 Å². The summed E-state index contributed by atoms with van der Waals surface area (Å²) in [7, 11) is -0.680. The zero-order valence-electron chi connectivity index (χ0n) is 18.6. The molecule has 2 fully saturated rings. The number of carbonyl (C=O) groups excluding carboxylic acids is 1. The summed E-state index contributed by atoms with van der Waals surface area (Å²) in [5.41, 5.74) is 1.17. The van der Waals surface area contributed by atoms with E-state index in [1.807, 2.05) is 23.1 Å². The Kier molecular flexibility index (Phi) is 6.71. The van der Waals surface area contributed by atoms with Gasteiger partial charge in [-0.05, 0) is 43.4 Å². The van der Waals surface area contributed by atoms with Crippen LogP contribution in [0.25, 0.3) is 0 Å². The van der Waals surface area contributed by atoms with E-state index >= 15 is 0 Å². The fourth-order valence-electron chi connectivity index (χ4n) is 4.76. The number of piperidine rings is 1. The van der Waals surface area contributed by atoms with Gasteiger partial charge in [-0.15, -0.1) is 0 Å². The van der Waals surface area contributed by atoms with Crippen molar-refractivity contribution in [2.45, 2.75) is 36.6 Å². The molecule has 0 bridgehead atoms. The first-order valence-corrected chi connectivity index (χ1v) is 12.5. The minimum Gasteiger partial charge on any atom is -0.493 e. The number of rotatable bonds is 6. The third kappa shape index (κ3) is 4.34. The molecular weight excluding hydrogens is 428 g/mol. The largest absolute Gasteiger partial charge is 0.493 e. The summed E-state index contributed by atoms with van der Waals surface area (Å²) in [5, 5.41) is 0. The molecule has 8 heteroatoms. The number of likely N-dealkylation sites (tertiary alicyclic amines) is 1. The first kappa shape index (κ1) is 22.6. The van der Waals surface area contributed by atoms with E-state index < -0.39 is 10.0 Å². The van der Waals surface area contributed by atoms with Crippen molar-refractivity contribution in [3.8, 4) is 11.5 Å². The maximum atomic E-state index is 13.3. The highest BCUT2D eigenvalue weighted by atomic mass is 32.2. The SMILES string of the molecule is COc1ccc(S(=O)(=O)N2CCC(C(=O)N3CCC[C@@H]3c3ccccc3)CC2)cc1OC. The van der Waals surface area contributed by atoms with Crippen LogP contribution >= 0.6 is 0 Å². The molecular formula is C24H30N2O5S. The van der Waals surface area contributed by atoms with Gasteiger partial charge in [0.15, 0.2) is 11.5 Å². The summed E-state index contributed by atoms with van der Waals surface area (Å²) in [6.07, 6.45) is 3.03. The van der Waals surface area contributed by atoms with E-state index in [0.29, 0.717) is 37.4 Å². The number of nitrogens with zero attached hydrogens (tertiary/aromatic N) is 2. The number of sulfonamides is 1. The van der Waals surface area contributed by atoms with Crippen molar-refractivity contribution < 1.29 is 22.7 Å². The lowest BCUT2D eigenvalue weighted by Gasteiger charge is -2.34. The van der Waals surface area contributed by atoms with Gasteiger partial charge in [-0.3, -0.25) is 4.79 Å². The Balaban J connectivity index is 1.43.